The van der Waals surface area contributed by atoms with E-state index in [1.165, 1.54) is 0 Å². The average Bonchev–Trinajstić information content (AvgIpc) is 2.15. The van der Waals surface area contributed by atoms with Gasteiger partial charge in [0.15, 0.2) is 0 Å². The maximum absolute atomic E-state index is 10.7. The maximum Gasteiger partial charge on any atom is 1.00 e. The molecule has 0 saturated carbocycles. The second-order valence-corrected chi connectivity index (χ2v) is 3.48. The molecule has 0 unspecified atom stereocenters. The third kappa shape index (κ3) is 10.4. The monoisotopic (exact) mass is 241 g/mol. The van der Waals surface area contributed by atoms with Gasteiger partial charge in [0, 0.05) is 6.42 Å². The molecule has 0 amide bonds. The second-order valence-electron chi connectivity index (χ2n) is 3.48. The number of unbranched alkanes of at least 4 members (excludes halogenated alkanes) is 2. The zero-order chi connectivity index (χ0) is 11.7. The van der Waals surface area contributed by atoms with Gasteiger partial charge in [-0.15, -0.1) is 0 Å². The Bertz CT molecular complexity index is 216. The third-order valence-electron chi connectivity index (χ3n) is 2.12. The van der Waals surface area contributed by atoms with E-state index in [1.807, 2.05) is 0 Å². The molecule has 0 aliphatic heterocycles. The average molecular weight is 241 g/mol. The molecule has 0 radical (unpaired) electrons. The van der Waals surface area contributed by atoms with E-state index >= 15 is 0 Å². The van der Waals surface area contributed by atoms with Crippen molar-refractivity contribution in [2.75, 3.05) is 6.54 Å². The number of aliphatic carboxylic acids is 2. The van der Waals surface area contributed by atoms with Crippen molar-refractivity contribution in [1.29, 1.82) is 0 Å². The molecule has 0 heterocycles. The van der Waals surface area contributed by atoms with E-state index in [2.05, 4.69) is 12.2 Å². The first-order valence-corrected chi connectivity index (χ1v) is 5.26. The van der Waals surface area contributed by atoms with Gasteiger partial charge in [0.1, 0.15) is 6.04 Å². The van der Waals surface area contributed by atoms with Gasteiger partial charge in [0.25, 0.3) is 0 Å². The van der Waals surface area contributed by atoms with Crippen molar-refractivity contribution in [3.8, 4) is 0 Å². The molecular weight excluding hydrogens is 221 g/mol. The molecule has 0 bridgehead atoms. The quantitative estimate of drug-likeness (QED) is 0.327. The Morgan fingerprint density at radius 1 is 1.31 bits per heavy atom. The summed E-state index contributed by atoms with van der Waals surface area (Å²) in [5.41, 5.74) is 0. The van der Waals surface area contributed by atoms with Gasteiger partial charge in [-0.05, 0) is 19.4 Å². The number of carboxylic acids is 2. The van der Waals surface area contributed by atoms with Crippen LogP contribution in [0.3, 0.4) is 0 Å². The molecule has 5 nitrogen and oxygen atoms in total. The predicted octanol–water partition coefficient (Wildman–Crippen LogP) is -1.80. The Kier molecular flexibility index (Phi) is 13.0. The second kappa shape index (κ2) is 11.4. The van der Waals surface area contributed by atoms with E-state index in [0.29, 0.717) is 6.54 Å². The molecule has 0 saturated heterocycles. The van der Waals surface area contributed by atoms with E-state index < -0.39 is 18.0 Å². The largest absolute Gasteiger partial charge is 1.00 e. The van der Waals surface area contributed by atoms with Crippen molar-refractivity contribution in [2.24, 2.45) is 0 Å². The molecule has 0 rings (SSSR count). The van der Waals surface area contributed by atoms with Gasteiger partial charge in [-0.1, -0.05) is 19.8 Å². The maximum atomic E-state index is 10.7. The van der Waals surface area contributed by atoms with Crippen LogP contribution >= 0.6 is 0 Å². The van der Waals surface area contributed by atoms with Crippen LogP contribution in [0.2, 0.25) is 0 Å². The summed E-state index contributed by atoms with van der Waals surface area (Å²) >= 11 is 0. The van der Waals surface area contributed by atoms with Crippen LogP contribution in [0.1, 0.15) is 40.5 Å². The van der Waals surface area contributed by atoms with Crippen LogP contribution in [-0.2, 0) is 9.59 Å². The summed E-state index contributed by atoms with van der Waals surface area (Å²) in [6, 6.07) is -0.738. The molecule has 3 N–H and O–H groups in total. The van der Waals surface area contributed by atoms with E-state index in [-0.39, 0.29) is 43.8 Å². The first kappa shape index (κ1) is 18.3. The van der Waals surface area contributed by atoms with Crippen LogP contribution in [0.4, 0.5) is 0 Å². The van der Waals surface area contributed by atoms with Crippen LogP contribution in [-0.4, -0.2) is 34.7 Å². The van der Waals surface area contributed by atoms with Crippen LogP contribution < -0.4 is 34.9 Å². The van der Waals surface area contributed by atoms with Crippen LogP contribution in [0, 0.1) is 0 Å². The van der Waals surface area contributed by atoms with Crippen molar-refractivity contribution in [3.05, 3.63) is 0 Å². The number of rotatable bonds is 9. The molecule has 90 valence electrons. The smallest absolute Gasteiger partial charge is 1.00 e. The standard InChI is InChI=1S/C10H19NO4.Na.H/c1-2-3-4-7-11-8(10(14)15)5-6-9(12)13;;/h8,11H,2-7H2,1H3,(H,12,13)(H,14,15);;/q;+1;-1/t8-;;/m1../s1. The minimum Gasteiger partial charge on any atom is -1.00 e. The molecule has 0 aromatic heterocycles. The number of hydrogen-bond acceptors (Lipinski definition) is 3. The van der Waals surface area contributed by atoms with Gasteiger partial charge in [0.2, 0.25) is 0 Å². The zero-order valence-electron chi connectivity index (χ0n) is 11.0. The Morgan fingerprint density at radius 3 is 2.38 bits per heavy atom. The molecule has 6 heteroatoms. The van der Waals surface area contributed by atoms with Gasteiger partial charge < -0.3 is 17.0 Å². The molecule has 0 fully saturated rings. The summed E-state index contributed by atoms with van der Waals surface area (Å²) in [6.07, 6.45) is 3.08. The van der Waals surface area contributed by atoms with Crippen molar-refractivity contribution >= 4 is 11.9 Å². The SMILES string of the molecule is CCCCCN[C@H](CCC(=O)O)C(=O)O.[H-].[Na+]. The first-order valence-electron chi connectivity index (χ1n) is 5.26. The van der Waals surface area contributed by atoms with Crippen LogP contribution in [0.15, 0.2) is 0 Å². The van der Waals surface area contributed by atoms with Gasteiger partial charge >= 0.3 is 41.5 Å². The fraction of sp³-hybridized carbons (Fsp3) is 0.800. The summed E-state index contributed by atoms with van der Waals surface area (Å²) < 4.78 is 0. The molecule has 1 atom stereocenters. The van der Waals surface area contributed by atoms with E-state index in [1.54, 1.807) is 0 Å². The molecular formula is C10H20NNaO4. The van der Waals surface area contributed by atoms with E-state index in [9.17, 15) is 9.59 Å². The predicted molar refractivity (Wildman–Crippen MR) is 56.9 cm³/mol. The minimum absolute atomic E-state index is 0. The third-order valence-corrected chi connectivity index (χ3v) is 2.12. The van der Waals surface area contributed by atoms with Crippen molar-refractivity contribution in [2.45, 2.75) is 45.1 Å². The van der Waals surface area contributed by atoms with Gasteiger partial charge in [-0.3, -0.25) is 9.59 Å². The molecule has 16 heavy (non-hydrogen) atoms. The molecule has 0 spiro atoms. The summed E-state index contributed by atoms with van der Waals surface area (Å²) in [6.45, 7) is 2.70. The van der Waals surface area contributed by atoms with Gasteiger partial charge in [0.05, 0.1) is 0 Å². The molecule has 0 aromatic carbocycles. The topological polar surface area (TPSA) is 86.6 Å². The summed E-state index contributed by atoms with van der Waals surface area (Å²) in [4.78, 5) is 21.0. The van der Waals surface area contributed by atoms with Crippen LogP contribution in [0.5, 0.6) is 0 Å². The molecule has 0 aliphatic carbocycles. The van der Waals surface area contributed by atoms with E-state index in [0.717, 1.165) is 19.3 Å². The fourth-order valence-corrected chi connectivity index (χ4v) is 1.23. The number of carboxylic acid groups (broad SMARTS) is 2. The fourth-order valence-electron chi connectivity index (χ4n) is 1.23. The Hall–Kier alpha value is -0.100. The summed E-state index contributed by atoms with van der Waals surface area (Å²) in [7, 11) is 0. The minimum atomic E-state index is -0.979. The Morgan fingerprint density at radius 2 is 1.94 bits per heavy atom. The van der Waals surface area contributed by atoms with Gasteiger partial charge in [-0.25, -0.2) is 0 Å². The first-order chi connectivity index (χ1) is 7.07. The Labute approximate surface area is 119 Å². The van der Waals surface area contributed by atoms with Crippen LogP contribution in [0.25, 0.3) is 0 Å². The normalized spacial score (nSPS) is 11.6. The van der Waals surface area contributed by atoms with Crippen molar-refractivity contribution < 1.29 is 50.8 Å². The van der Waals surface area contributed by atoms with Crippen molar-refractivity contribution in [1.82, 2.24) is 5.32 Å². The number of carbonyl (C=O) groups is 2. The van der Waals surface area contributed by atoms with Crippen molar-refractivity contribution in [3.63, 3.8) is 0 Å². The summed E-state index contributed by atoms with van der Waals surface area (Å²) in [5, 5.41) is 20.1. The van der Waals surface area contributed by atoms with E-state index in [4.69, 9.17) is 10.2 Å². The number of hydrogen-bond donors (Lipinski definition) is 3. The zero-order valence-corrected chi connectivity index (χ0v) is 12.0. The Balaban J connectivity index is -0.000000980. The number of nitrogens with one attached hydrogen (secondary N) is 1. The molecule has 0 aliphatic rings. The molecule has 0 aromatic rings. The van der Waals surface area contributed by atoms with Gasteiger partial charge in [-0.2, -0.15) is 0 Å². The summed E-state index contributed by atoms with van der Waals surface area (Å²) in [5.74, 6) is -1.94.